The number of unbranched alkanes of at least 4 members (excludes halogenated alkanes) is 3. The summed E-state index contributed by atoms with van der Waals surface area (Å²) in [6.45, 7) is 4.70. The molecule has 1 N–H and O–H groups in total. The average molecular weight is 457 g/mol. The van der Waals surface area contributed by atoms with Crippen molar-refractivity contribution in [3.8, 4) is 0 Å². The van der Waals surface area contributed by atoms with Crippen LogP contribution in [-0.2, 0) is 7.05 Å². The Morgan fingerprint density at radius 2 is 1.68 bits per heavy atom. The average Bonchev–Trinajstić information content (AvgIpc) is 2.86. The van der Waals surface area contributed by atoms with E-state index in [1.54, 1.807) is 22.6 Å². The predicted octanol–water partition coefficient (Wildman–Crippen LogP) is 6.26. The lowest BCUT2D eigenvalue weighted by Gasteiger charge is -2.30. The van der Waals surface area contributed by atoms with Gasteiger partial charge in [0.15, 0.2) is 0 Å². The molecule has 0 aliphatic heterocycles. The van der Waals surface area contributed by atoms with Crippen LogP contribution in [-0.4, -0.2) is 27.0 Å². The Morgan fingerprint density at radius 1 is 0.971 bits per heavy atom. The Labute approximate surface area is 200 Å². The van der Waals surface area contributed by atoms with Gasteiger partial charge in [0.2, 0.25) is 0 Å². The second-order valence-electron chi connectivity index (χ2n) is 8.74. The van der Waals surface area contributed by atoms with Gasteiger partial charge in [-0.15, -0.1) is 0 Å². The van der Waals surface area contributed by atoms with E-state index in [0.29, 0.717) is 23.3 Å². The maximum atomic E-state index is 13.6. The number of nitrogens with one attached hydrogen (secondary N) is 1. The summed E-state index contributed by atoms with van der Waals surface area (Å²) in [5.74, 6) is 0.576. The van der Waals surface area contributed by atoms with Gasteiger partial charge in [-0.3, -0.25) is 9.36 Å². The summed E-state index contributed by atoms with van der Waals surface area (Å²) >= 11 is 0. The number of carbonyl (C=O) groups excluding carboxylic acids is 1. The van der Waals surface area contributed by atoms with Crippen molar-refractivity contribution in [3.63, 3.8) is 0 Å². The van der Waals surface area contributed by atoms with E-state index < -0.39 is 0 Å². The number of aromatic nitrogens is 2. The first-order valence-corrected chi connectivity index (χ1v) is 12.0. The molecule has 0 fully saturated rings. The molecular formula is C28H32N4O2. The molecule has 6 heteroatoms. The summed E-state index contributed by atoms with van der Waals surface area (Å²) in [6.07, 6.45) is 4.19. The van der Waals surface area contributed by atoms with Crippen LogP contribution in [0, 0.1) is 0 Å². The highest BCUT2D eigenvalue weighted by molar-refractivity contribution is 6.01. The third kappa shape index (κ3) is 4.81. The number of nitrogens with zero attached hydrogens (tertiary/aromatic N) is 3. The summed E-state index contributed by atoms with van der Waals surface area (Å²) in [7, 11) is 1.73. The highest BCUT2D eigenvalue weighted by Gasteiger charge is 2.25. The molecule has 176 valence electrons. The Kier molecular flexibility index (Phi) is 7.26. The minimum atomic E-state index is -0.376. The Balaban J connectivity index is 1.68. The van der Waals surface area contributed by atoms with E-state index in [4.69, 9.17) is 4.98 Å². The van der Waals surface area contributed by atoms with Crippen molar-refractivity contribution in [3.05, 3.63) is 82.9 Å². The minimum absolute atomic E-state index is 0.104. The van der Waals surface area contributed by atoms with Crippen LogP contribution in [0.25, 0.3) is 21.7 Å². The molecular weight excluding hydrogens is 424 g/mol. The van der Waals surface area contributed by atoms with Gasteiger partial charge in [-0.1, -0.05) is 74.7 Å². The van der Waals surface area contributed by atoms with E-state index >= 15 is 0 Å². The summed E-state index contributed by atoms with van der Waals surface area (Å²) in [5, 5.41) is 5.76. The number of anilines is 1. The number of carbonyl (C=O) groups is 1. The molecule has 4 rings (SSSR count). The number of rotatable bonds is 8. The molecule has 4 aromatic rings. The van der Waals surface area contributed by atoms with Crippen molar-refractivity contribution in [1.29, 1.82) is 0 Å². The zero-order chi connectivity index (χ0) is 24.1. The van der Waals surface area contributed by atoms with Crippen molar-refractivity contribution in [2.75, 3.05) is 11.9 Å². The van der Waals surface area contributed by atoms with E-state index in [2.05, 4.69) is 12.2 Å². The maximum Gasteiger partial charge on any atom is 0.322 e. The van der Waals surface area contributed by atoms with E-state index in [1.807, 2.05) is 67.6 Å². The summed E-state index contributed by atoms with van der Waals surface area (Å²) in [4.78, 5) is 33.2. The second-order valence-corrected chi connectivity index (χ2v) is 8.74. The van der Waals surface area contributed by atoms with Gasteiger partial charge >= 0.3 is 6.03 Å². The lowest BCUT2D eigenvalue weighted by molar-refractivity contribution is 0.187. The van der Waals surface area contributed by atoms with Crippen molar-refractivity contribution >= 4 is 33.4 Å². The van der Waals surface area contributed by atoms with Crippen LogP contribution < -0.4 is 10.9 Å². The molecule has 0 spiro atoms. The van der Waals surface area contributed by atoms with Crippen LogP contribution in [0.4, 0.5) is 10.5 Å². The van der Waals surface area contributed by atoms with Crippen LogP contribution >= 0.6 is 0 Å². The zero-order valence-corrected chi connectivity index (χ0v) is 20.1. The third-order valence-electron chi connectivity index (χ3n) is 6.40. The number of para-hydroxylation sites is 1. The molecule has 2 amide bonds. The largest absolute Gasteiger partial charge is 0.322 e. The SMILES string of the molecule is CCCCCCN(C(=O)Nc1cccc2ccccc12)[C@H](C)c1nc2ccccc2c(=O)n1C. The Hall–Kier alpha value is -3.67. The molecule has 0 saturated carbocycles. The molecule has 6 nitrogen and oxygen atoms in total. The van der Waals surface area contributed by atoms with E-state index in [9.17, 15) is 9.59 Å². The molecule has 0 aliphatic rings. The van der Waals surface area contributed by atoms with Crippen molar-refractivity contribution in [1.82, 2.24) is 14.5 Å². The van der Waals surface area contributed by atoms with Crippen LogP contribution in [0.5, 0.6) is 0 Å². The fourth-order valence-corrected chi connectivity index (χ4v) is 4.45. The normalized spacial score (nSPS) is 12.1. The van der Waals surface area contributed by atoms with Gasteiger partial charge in [-0.2, -0.15) is 0 Å². The third-order valence-corrected chi connectivity index (χ3v) is 6.40. The first kappa shape index (κ1) is 23.5. The van der Waals surface area contributed by atoms with Crippen LogP contribution in [0.15, 0.2) is 71.5 Å². The second kappa shape index (κ2) is 10.5. The first-order chi connectivity index (χ1) is 16.5. The van der Waals surface area contributed by atoms with Crippen molar-refractivity contribution in [2.45, 2.75) is 45.6 Å². The highest BCUT2D eigenvalue weighted by atomic mass is 16.2. The molecule has 0 bridgehead atoms. The Morgan fingerprint density at radius 3 is 2.47 bits per heavy atom. The summed E-state index contributed by atoms with van der Waals surface area (Å²) in [5.41, 5.74) is 1.31. The molecule has 0 saturated heterocycles. The molecule has 1 aromatic heterocycles. The van der Waals surface area contributed by atoms with E-state index in [1.165, 1.54) is 0 Å². The highest BCUT2D eigenvalue weighted by Crippen LogP contribution is 2.26. The van der Waals surface area contributed by atoms with Gasteiger partial charge in [-0.25, -0.2) is 9.78 Å². The van der Waals surface area contributed by atoms with Crippen molar-refractivity contribution in [2.24, 2.45) is 7.05 Å². The zero-order valence-electron chi connectivity index (χ0n) is 20.1. The predicted molar refractivity (Wildman–Crippen MR) is 139 cm³/mol. The topological polar surface area (TPSA) is 67.2 Å². The number of fused-ring (bicyclic) bond motifs is 2. The smallest absolute Gasteiger partial charge is 0.315 e. The van der Waals surface area contributed by atoms with Gasteiger partial charge in [0.1, 0.15) is 5.82 Å². The fourth-order valence-electron chi connectivity index (χ4n) is 4.45. The number of urea groups is 1. The van der Waals surface area contributed by atoms with Gasteiger partial charge in [0.05, 0.1) is 22.6 Å². The summed E-state index contributed by atoms with van der Waals surface area (Å²) in [6, 6.07) is 20.7. The van der Waals surface area contributed by atoms with E-state index in [0.717, 1.165) is 42.1 Å². The monoisotopic (exact) mass is 456 g/mol. The van der Waals surface area contributed by atoms with Gasteiger partial charge in [0.25, 0.3) is 5.56 Å². The minimum Gasteiger partial charge on any atom is -0.315 e. The molecule has 0 unspecified atom stereocenters. The molecule has 0 aliphatic carbocycles. The molecule has 34 heavy (non-hydrogen) atoms. The van der Waals surface area contributed by atoms with Gasteiger partial charge < -0.3 is 10.2 Å². The maximum absolute atomic E-state index is 13.6. The van der Waals surface area contributed by atoms with Crippen molar-refractivity contribution < 1.29 is 4.79 Å². The molecule has 1 heterocycles. The van der Waals surface area contributed by atoms with Gasteiger partial charge in [-0.05, 0) is 36.9 Å². The molecule has 3 aromatic carbocycles. The summed E-state index contributed by atoms with van der Waals surface area (Å²) < 4.78 is 1.57. The van der Waals surface area contributed by atoms with Gasteiger partial charge in [0, 0.05) is 19.0 Å². The number of amides is 2. The first-order valence-electron chi connectivity index (χ1n) is 12.0. The van der Waals surface area contributed by atoms with Crippen LogP contribution in [0.2, 0.25) is 0 Å². The van der Waals surface area contributed by atoms with Crippen LogP contribution in [0.1, 0.15) is 51.4 Å². The fraction of sp³-hybridized carbons (Fsp3) is 0.321. The lowest BCUT2D eigenvalue weighted by Crippen LogP contribution is -2.40. The number of hydrogen-bond donors (Lipinski definition) is 1. The lowest BCUT2D eigenvalue weighted by atomic mass is 10.1. The number of benzene rings is 3. The molecule has 0 radical (unpaired) electrons. The molecule has 1 atom stereocenters. The quantitative estimate of drug-likeness (QED) is 0.318. The van der Waals surface area contributed by atoms with Crippen LogP contribution in [0.3, 0.4) is 0 Å². The van der Waals surface area contributed by atoms with E-state index in [-0.39, 0.29) is 17.6 Å². The number of hydrogen-bond acceptors (Lipinski definition) is 3. The standard InChI is InChI=1S/C28H32N4O2/c1-4-5-6-11-19-32(28(34)30-24-18-12-14-21-13-7-8-15-22(21)24)20(2)26-29-25-17-10-9-16-23(25)27(33)31(26)3/h7-10,12-18,20H,4-6,11,19H2,1-3H3,(H,30,34)/t20-/m1/s1. The Bertz CT molecular complexity index is 1360.